The molecule has 0 spiro atoms. The van der Waals surface area contributed by atoms with Crippen LogP contribution in [0.15, 0.2) is 101 Å². The van der Waals surface area contributed by atoms with Gasteiger partial charge in [0.25, 0.3) is 0 Å². The van der Waals surface area contributed by atoms with Crippen molar-refractivity contribution in [3.8, 4) is 17.2 Å². The topological polar surface area (TPSA) is 41.9 Å². The summed E-state index contributed by atoms with van der Waals surface area (Å²) < 4.78 is 9.08. The van der Waals surface area contributed by atoms with Crippen molar-refractivity contribution in [2.75, 3.05) is 0 Å². The van der Waals surface area contributed by atoms with Crippen molar-refractivity contribution in [1.29, 1.82) is 5.26 Å². The van der Waals surface area contributed by atoms with Gasteiger partial charge in [-0.15, -0.1) is 0 Å². The van der Waals surface area contributed by atoms with Crippen LogP contribution in [0, 0.1) is 17.2 Å². The van der Waals surface area contributed by atoms with Crippen molar-refractivity contribution in [1.82, 2.24) is 4.57 Å². The van der Waals surface area contributed by atoms with Gasteiger partial charge in [-0.1, -0.05) is 93.6 Å². The van der Waals surface area contributed by atoms with Crippen molar-refractivity contribution >= 4 is 50.2 Å². The molecule has 0 aliphatic heterocycles. The molecule has 3 heteroatoms. The maximum atomic E-state index is 10.4. The molecule has 3 nitrogen and oxygen atoms in total. The molecule has 0 radical (unpaired) electrons. The Morgan fingerprint density at radius 2 is 1.75 bits per heavy atom. The van der Waals surface area contributed by atoms with Gasteiger partial charge in [0.1, 0.15) is 11.2 Å². The molecule has 3 aliphatic rings. The molecule has 212 valence electrons. The highest BCUT2D eigenvalue weighted by Crippen LogP contribution is 2.52. The average Bonchev–Trinajstić information content (AvgIpc) is 3.66. The highest BCUT2D eigenvalue weighted by Gasteiger charge is 2.37. The zero-order valence-electron chi connectivity index (χ0n) is 25.2. The number of hydrogen-bond donors (Lipinski definition) is 0. The second-order valence-corrected chi connectivity index (χ2v) is 13.2. The summed E-state index contributed by atoms with van der Waals surface area (Å²) in [6.45, 7) is 6.89. The molecular weight excluding hydrogens is 536 g/mol. The van der Waals surface area contributed by atoms with Crippen LogP contribution in [-0.2, 0) is 11.8 Å². The number of nitriles is 1. The zero-order chi connectivity index (χ0) is 29.7. The lowest BCUT2D eigenvalue weighted by Crippen LogP contribution is -2.14. The molecule has 1 unspecified atom stereocenters. The highest BCUT2D eigenvalue weighted by atomic mass is 16.3. The zero-order valence-corrected chi connectivity index (χ0v) is 25.2. The second kappa shape index (κ2) is 8.97. The number of allylic oxidation sites excluding steroid dienone is 5. The van der Waals surface area contributed by atoms with E-state index < -0.39 is 0 Å². The fourth-order valence-corrected chi connectivity index (χ4v) is 8.17. The van der Waals surface area contributed by atoms with Crippen LogP contribution >= 0.6 is 0 Å². The van der Waals surface area contributed by atoms with Crippen molar-refractivity contribution in [2.45, 2.75) is 45.4 Å². The van der Waals surface area contributed by atoms with Gasteiger partial charge in [-0.05, 0) is 77.3 Å². The number of rotatable bonds is 2. The first-order chi connectivity index (χ1) is 21.5. The summed E-state index contributed by atoms with van der Waals surface area (Å²) in [6, 6.07) is 31.1. The average molecular weight is 569 g/mol. The largest absolute Gasteiger partial charge is 0.455 e. The van der Waals surface area contributed by atoms with E-state index in [9.17, 15) is 5.26 Å². The van der Waals surface area contributed by atoms with E-state index in [0.29, 0.717) is 5.92 Å². The van der Waals surface area contributed by atoms with E-state index in [1.54, 1.807) is 0 Å². The number of para-hydroxylation sites is 1. The Hall–Kier alpha value is -5.07. The number of aromatic nitrogens is 1. The molecule has 0 saturated heterocycles. The molecule has 2 aromatic heterocycles. The summed E-state index contributed by atoms with van der Waals surface area (Å²) in [7, 11) is 0. The third-order valence-corrected chi connectivity index (χ3v) is 10.3. The Morgan fingerprint density at radius 1 is 0.909 bits per heavy atom. The van der Waals surface area contributed by atoms with Gasteiger partial charge in [-0.25, -0.2) is 0 Å². The summed E-state index contributed by atoms with van der Waals surface area (Å²) in [6.07, 6.45) is 9.55. The molecule has 2 heterocycles. The van der Waals surface area contributed by atoms with Crippen LogP contribution in [0.1, 0.15) is 61.6 Å². The number of nitrogens with zero attached hydrogens (tertiary/aromatic N) is 2. The summed E-state index contributed by atoms with van der Waals surface area (Å²) in [4.78, 5) is 0. The number of furan rings is 1. The Kier molecular flexibility index (Phi) is 5.19. The van der Waals surface area contributed by atoms with Crippen molar-refractivity contribution in [3.05, 3.63) is 125 Å². The van der Waals surface area contributed by atoms with E-state index >= 15 is 0 Å². The van der Waals surface area contributed by atoms with Gasteiger partial charge in [-0.3, -0.25) is 0 Å². The molecule has 44 heavy (non-hydrogen) atoms. The van der Waals surface area contributed by atoms with Gasteiger partial charge >= 0.3 is 0 Å². The van der Waals surface area contributed by atoms with E-state index in [4.69, 9.17) is 4.42 Å². The van der Waals surface area contributed by atoms with Crippen LogP contribution in [-0.4, -0.2) is 4.57 Å². The molecule has 0 fully saturated rings. The number of benzene rings is 4. The Balaban J connectivity index is 1.27. The molecule has 0 amide bonds. The van der Waals surface area contributed by atoms with Gasteiger partial charge in [0.05, 0.1) is 17.3 Å². The summed E-state index contributed by atoms with van der Waals surface area (Å²) in [5.41, 5.74) is 14.7. The Morgan fingerprint density at radius 3 is 2.64 bits per heavy atom. The fourth-order valence-electron chi connectivity index (χ4n) is 8.17. The number of hydrogen-bond acceptors (Lipinski definition) is 2. The van der Waals surface area contributed by atoms with Gasteiger partial charge in [0.2, 0.25) is 0 Å². The molecule has 0 bridgehead atoms. The second-order valence-electron chi connectivity index (χ2n) is 13.2. The van der Waals surface area contributed by atoms with E-state index in [-0.39, 0.29) is 5.41 Å². The standard InChI is InChI=1S/C41H32N2O/c1-24-15-19-35-30(21-24)27-10-5-7-13-34(27)43(35)36-14-8-9-26(23-42)38(36)25-16-20-37-31(22-25)28-17-18-33-39(40(28)44-37)29-11-4-6-12-32(29)41(33,2)3/h4-7,10-20,22,24H,8-9,21H2,1-3H3. The predicted octanol–water partition coefficient (Wildman–Crippen LogP) is 10.7. The van der Waals surface area contributed by atoms with Crippen molar-refractivity contribution < 1.29 is 4.42 Å². The molecule has 0 saturated carbocycles. The maximum absolute atomic E-state index is 10.4. The third kappa shape index (κ3) is 3.31. The van der Waals surface area contributed by atoms with Crippen molar-refractivity contribution in [3.63, 3.8) is 0 Å². The van der Waals surface area contributed by atoms with Gasteiger partial charge in [0, 0.05) is 44.0 Å². The van der Waals surface area contributed by atoms with Crippen LogP contribution in [0.2, 0.25) is 0 Å². The first kappa shape index (κ1) is 25.4. The van der Waals surface area contributed by atoms with Crippen LogP contribution in [0.25, 0.3) is 61.3 Å². The SMILES string of the molecule is CC1C=Cc2c(c3ccccc3n2C2=CCCC(C#N)=C2c2ccc3oc4c5c(ccc4c3c2)C(C)(C)c2ccccc2-5)C1. The van der Waals surface area contributed by atoms with Crippen LogP contribution < -0.4 is 0 Å². The molecule has 1 atom stereocenters. The smallest absolute Gasteiger partial charge is 0.143 e. The molecule has 4 aromatic carbocycles. The quantitative estimate of drug-likeness (QED) is 0.208. The van der Waals surface area contributed by atoms with Crippen LogP contribution in [0.3, 0.4) is 0 Å². The lowest BCUT2D eigenvalue weighted by Gasteiger charge is -2.24. The van der Waals surface area contributed by atoms with E-state index in [1.807, 2.05) is 0 Å². The van der Waals surface area contributed by atoms with E-state index in [1.165, 1.54) is 44.4 Å². The summed E-state index contributed by atoms with van der Waals surface area (Å²) in [5.74, 6) is 0.502. The molecule has 0 N–H and O–H groups in total. The van der Waals surface area contributed by atoms with Gasteiger partial charge in [0.15, 0.2) is 0 Å². The summed E-state index contributed by atoms with van der Waals surface area (Å²) in [5, 5.41) is 14.0. The molecule has 6 aromatic rings. The number of fused-ring (bicyclic) bond motifs is 10. The minimum Gasteiger partial charge on any atom is -0.455 e. The minimum atomic E-state index is -0.0799. The third-order valence-electron chi connectivity index (χ3n) is 10.3. The first-order valence-electron chi connectivity index (χ1n) is 15.7. The molecular formula is C41H32N2O. The lowest BCUT2D eigenvalue weighted by molar-refractivity contribution is 0.653. The van der Waals surface area contributed by atoms with Gasteiger partial charge in [-0.2, -0.15) is 5.26 Å². The van der Waals surface area contributed by atoms with Crippen LogP contribution in [0.5, 0.6) is 0 Å². The van der Waals surface area contributed by atoms with Crippen molar-refractivity contribution in [2.24, 2.45) is 5.92 Å². The maximum Gasteiger partial charge on any atom is 0.143 e. The highest BCUT2D eigenvalue weighted by molar-refractivity contribution is 6.14. The Labute approximate surface area is 257 Å². The monoisotopic (exact) mass is 568 g/mol. The summed E-state index contributed by atoms with van der Waals surface area (Å²) >= 11 is 0. The Bertz CT molecular complexity index is 2360. The normalized spacial score (nSPS) is 18.4. The lowest BCUT2D eigenvalue weighted by atomic mass is 9.82. The first-order valence-corrected chi connectivity index (χ1v) is 15.7. The van der Waals surface area contributed by atoms with Crippen LogP contribution in [0.4, 0.5) is 0 Å². The predicted molar refractivity (Wildman–Crippen MR) is 181 cm³/mol. The van der Waals surface area contributed by atoms with Gasteiger partial charge < -0.3 is 8.98 Å². The minimum absolute atomic E-state index is 0.0799. The van der Waals surface area contributed by atoms with E-state index in [0.717, 1.165) is 63.6 Å². The molecule has 9 rings (SSSR count). The molecule has 3 aliphatic carbocycles. The van der Waals surface area contributed by atoms with E-state index in [2.05, 4.69) is 128 Å². The fraction of sp³-hybridized carbons (Fsp3) is 0.195.